The molecule has 1 nitrogen and oxygen atoms in total. The molecule has 0 spiro atoms. The summed E-state index contributed by atoms with van der Waals surface area (Å²) >= 11 is 0. The van der Waals surface area contributed by atoms with Crippen molar-refractivity contribution in [3.8, 4) is 0 Å². The highest BCUT2D eigenvalue weighted by Gasteiger charge is 2.35. The number of hydrogen-bond acceptors (Lipinski definition) is 1. The zero-order chi connectivity index (χ0) is 10.8. The van der Waals surface area contributed by atoms with E-state index in [1.807, 2.05) is 6.08 Å². The number of nitrogens with two attached hydrogens (primary N) is 1. The molecule has 0 aromatic rings. The molecule has 0 bridgehead atoms. The summed E-state index contributed by atoms with van der Waals surface area (Å²) in [6.07, 6.45) is 7.85. The summed E-state index contributed by atoms with van der Waals surface area (Å²) in [5.41, 5.74) is 6.82. The van der Waals surface area contributed by atoms with Crippen molar-refractivity contribution in [2.45, 2.75) is 58.4 Å². The van der Waals surface area contributed by atoms with Gasteiger partial charge in [0.1, 0.15) is 0 Å². The monoisotopic (exact) mass is 195 g/mol. The first-order valence-corrected chi connectivity index (χ1v) is 5.77. The van der Waals surface area contributed by atoms with Crippen molar-refractivity contribution >= 4 is 0 Å². The van der Waals surface area contributed by atoms with Crippen molar-refractivity contribution in [1.82, 2.24) is 0 Å². The summed E-state index contributed by atoms with van der Waals surface area (Å²) in [7, 11) is 0. The van der Waals surface area contributed by atoms with Crippen LogP contribution in [0.4, 0.5) is 0 Å². The van der Waals surface area contributed by atoms with Crippen LogP contribution in [0.1, 0.15) is 52.9 Å². The molecule has 0 atom stereocenters. The van der Waals surface area contributed by atoms with Crippen LogP contribution in [-0.4, -0.2) is 5.54 Å². The summed E-state index contributed by atoms with van der Waals surface area (Å²) in [4.78, 5) is 0. The van der Waals surface area contributed by atoms with Crippen molar-refractivity contribution in [3.63, 3.8) is 0 Å². The van der Waals surface area contributed by atoms with E-state index in [4.69, 9.17) is 5.73 Å². The molecule has 0 unspecified atom stereocenters. The second-order valence-corrected chi connectivity index (χ2v) is 6.00. The highest BCUT2D eigenvalue weighted by atomic mass is 14.7. The number of hydrogen-bond donors (Lipinski definition) is 1. The van der Waals surface area contributed by atoms with Gasteiger partial charge in [-0.15, -0.1) is 6.58 Å². The molecule has 1 saturated carbocycles. The molecule has 0 aliphatic heterocycles. The lowest BCUT2D eigenvalue weighted by molar-refractivity contribution is 0.135. The average Bonchev–Trinajstić information content (AvgIpc) is 2.03. The van der Waals surface area contributed by atoms with E-state index in [0.717, 1.165) is 12.3 Å². The van der Waals surface area contributed by atoms with Gasteiger partial charge in [0.05, 0.1) is 0 Å². The molecule has 1 fully saturated rings. The molecule has 0 amide bonds. The van der Waals surface area contributed by atoms with Crippen molar-refractivity contribution < 1.29 is 0 Å². The van der Waals surface area contributed by atoms with E-state index in [9.17, 15) is 0 Å². The second-order valence-electron chi connectivity index (χ2n) is 6.00. The summed E-state index contributed by atoms with van der Waals surface area (Å²) in [6, 6.07) is 0. The van der Waals surface area contributed by atoms with Crippen molar-refractivity contribution in [2.24, 2.45) is 17.1 Å². The highest BCUT2D eigenvalue weighted by Crippen LogP contribution is 2.41. The zero-order valence-electron chi connectivity index (χ0n) is 9.97. The van der Waals surface area contributed by atoms with Gasteiger partial charge in [-0.2, -0.15) is 0 Å². The molecule has 1 aliphatic carbocycles. The first kappa shape index (κ1) is 11.8. The molecule has 1 rings (SSSR count). The Morgan fingerprint density at radius 2 is 1.86 bits per heavy atom. The fourth-order valence-corrected chi connectivity index (χ4v) is 2.55. The Bertz CT molecular complexity index is 192. The first-order chi connectivity index (χ1) is 6.37. The predicted molar refractivity (Wildman–Crippen MR) is 63.1 cm³/mol. The van der Waals surface area contributed by atoms with E-state index >= 15 is 0 Å². The predicted octanol–water partition coefficient (Wildman–Crippen LogP) is 3.50. The Morgan fingerprint density at radius 3 is 2.21 bits per heavy atom. The first-order valence-electron chi connectivity index (χ1n) is 5.77. The summed E-state index contributed by atoms with van der Waals surface area (Å²) in [5, 5.41) is 0. The van der Waals surface area contributed by atoms with Gasteiger partial charge in [-0.1, -0.05) is 26.8 Å². The highest BCUT2D eigenvalue weighted by molar-refractivity contribution is 4.96. The van der Waals surface area contributed by atoms with Gasteiger partial charge in [-0.3, -0.25) is 0 Å². The van der Waals surface area contributed by atoms with Gasteiger partial charge in [-0.05, 0) is 43.4 Å². The maximum atomic E-state index is 6.30. The maximum absolute atomic E-state index is 6.30. The third-order valence-electron chi connectivity index (χ3n) is 3.76. The van der Waals surface area contributed by atoms with E-state index < -0.39 is 0 Å². The summed E-state index contributed by atoms with van der Waals surface area (Å²) < 4.78 is 0. The smallest absolute Gasteiger partial charge is 0.0189 e. The van der Waals surface area contributed by atoms with E-state index in [-0.39, 0.29) is 5.54 Å². The van der Waals surface area contributed by atoms with Crippen molar-refractivity contribution in [2.75, 3.05) is 0 Å². The Hall–Kier alpha value is -0.300. The fraction of sp³-hybridized carbons (Fsp3) is 0.846. The summed E-state index contributed by atoms with van der Waals surface area (Å²) in [5.74, 6) is 0.851. The van der Waals surface area contributed by atoms with Crippen LogP contribution in [0, 0.1) is 11.3 Å². The molecule has 0 radical (unpaired) electrons. The molecular weight excluding hydrogens is 170 g/mol. The number of rotatable bonds is 2. The van der Waals surface area contributed by atoms with Crippen LogP contribution in [-0.2, 0) is 0 Å². The van der Waals surface area contributed by atoms with Crippen LogP contribution in [0.5, 0.6) is 0 Å². The average molecular weight is 195 g/mol. The lowest BCUT2D eigenvalue weighted by atomic mass is 9.67. The normalized spacial score (nSPS) is 34.1. The molecule has 82 valence electrons. The van der Waals surface area contributed by atoms with Gasteiger partial charge in [0, 0.05) is 5.54 Å². The molecule has 1 heteroatoms. The van der Waals surface area contributed by atoms with Crippen LogP contribution in [0.2, 0.25) is 0 Å². The Labute approximate surface area is 88.8 Å². The van der Waals surface area contributed by atoms with Crippen molar-refractivity contribution in [1.29, 1.82) is 0 Å². The lowest BCUT2D eigenvalue weighted by Gasteiger charge is -2.41. The molecule has 14 heavy (non-hydrogen) atoms. The Morgan fingerprint density at radius 1 is 1.36 bits per heavy atom. The van der Waals surface area contributed by atoms with Crippen LogP contribution < -0.4 is 5.73 Å². The molecule has 0 saturated heterocycles. The van der Waals surface area contributed by atoms with E-state index in [1.54, 1.807) is 0 Å². The van der Waals surface area contributed by atoms with E-state index in [2.05, 4.69) is 27.4 Å². The largest absolute Gasteiger partial charge is 0.325 e. The van der Waals surface area contributed by atoms with E-state index in [0.29, 0.717) is 5.41 Å². The van der Waals surface area contributed by atoms with Crippen LogP contribution >= 0.6 is 0 Å². The minimum absolute atomic E-state index is 0.0590. The van der Waals surface area contributed by atoms with Gasteiger partial charge in [0.15, 0.2) is 0 Å². The standard InChI is InChI=1S/C13H25N/c1-5-8-13(14)9-6-11(7-10-13)12(2,3)4/h5,11H,1,6-10,14H2,2-4H3. The quantitative estimate of drug-likeness (QED) is 0.671. The minimum Gasteiger partial charge on any atom is -0.325 e. The second kappa shape index (κ2) is 4.06. The molecule has 2 N–H and O–H groups in total. The molecule has 0 heterocycles. The van der Waals surface area contributed by atoms with Crippen LogP contribution in [0.15, 0.2) is 12.7 Å². The fourth-order valence-electron chi connectivity index (χ4n) is 2.55. The van der Waals surface area contributed by atoms with Gasteiger partial charge in [0.2, 0.25) is 0 Å². The Balaban J connectivity index is 2.49. The van der Waals surface area contributed by atoms with E-state index in [1.165, 1.54) is 25.7 Å². The SMILES string of the molecule is C=CCC1(N)CCC(C(C)(C)C)CC1. The van der Waals surface area contributed by atoms with Crippen LogP contribution in [0.3, 0.4) is 0 Å². The van der Waals surface area contributed by atoms with Gasteiger partial charge in [-0.25, -0.2) is 0 Å². The lowest BCUT2D eigenvalue weighted by Crippen LogP contribution is -2.44. The molecular formula is C13H25N. The molecule has 0 aromatic heterocycles. The van der Waals surface area contributed by atoms with Gasteiger partial charge >= 0.3 is 0 Å². The Kier molecular flexibility index (Phi) is 3.41. The third kappa shape index (κ3) is 2.84. The van der Waals surface area contributed by atoms with Crippen molar-refractivity contribution in [3.05, 3.63) is 12.7 Å². The topological polar surface area (TPSA) is 26.0 Å². The molecule has 1 aliphatic rings. The third-order valence-corrected chi connectivity index (χ3v) is 3.76. The van der Waals surface area contributed by atoms with Gasteiger partial charge in [0.25, 0.3) is 0 Å². The molecule has 0 aromatic carbocycles. The minimum atomic E-state index is 0.0590. The van der Waals surface area contributed by atoms with Crippen LogP contribution in [0.25, 0.3) is 0 Å². The van der Waals surface area contributed by atoms with Gasteiger partial charge < -0.3 is 5.73 Å². The summed E-state index contributed by atoms with van der Waals surface area (Å²) in [6.45, 7) is 10.8. The zero-order valence-corrected chi connectivity index (χ0v) is 9.97. The maximum Gasteiger partial charge on any atom is 0.0189 e.